The number of rotatable bonds is 2. The highest BCUT2D eigenvalue weighted by molar-refractivity contribution is 7.80. The van der Waals surface area contributed by atoms with Crippen molar-refractivity contribution in [2.24, 2.45) is 0 Å². The first kappa shape index (κ1) is 9.98. The van der Waals surface area contributed by atoms with E-state index >= 15 is 0 Å². The summed E-state index contributed by atoms with van der Waals surface area (Å²) in [6.07, 6.45) is -0.661. The molecule has 5 heteroatoms. The molecule has 0 saturated heterocycles. The first-order valence-corrected chi connectivity index (χ1v) is 3.84. The number of halogens is 2. The molecule has 1 rings (SSSR count). The van der Waals surface area contributed by atoms with Crippen LogP contribution in [0.3, 0.4) is 0 Å². The fourth-order valence-corrected chi connectivity index (χ4v) is 1.14. The van der Waals surface area contributed by atoms with Gasteiger partial charge >= 0.3 is 5.97 Å². The van der Waals surface area contributed by atoms with Crippen LogP contribution >= 0.6 is 12.6 Å². The summed E-state index contributed by atoms with van der Waals surface area (Å²) in [4.78, 5) is 10.3. The first-order valence-electron chi connectivity index (χ1n) is 3.39. The van der Waals surface area contributed by atoms with Gasteiger partial charge in [0, 0.05) is 10.5 Å². The van der Waals surface area contributed by atoms with E-state index in [4.69, 9.17) is 5.11 Å². The molecule has 0 radical (unpaired) electrons. The summed E-state index contributed by atoms with van der Waals surface area (Å²) in [5.41, 5.74) is -0.440. The molecule has 2 nitrogen and oxygen atoms in total. The van der Waals surface area contributed by atoms with Crippen LogP contribution in [-0.4, -0.2) is 11.1 Å². The molecule has 0 amide bonds. The highest BCUT2D eigenvalue weighted by Gasteiger charge is 2.13. The predicted molar refractivity (Wildman–Crippen MR) is 44.9 cm³/mol. The fraction of sp³-hybridized carbons (Fsp3) is 0.125. The van der Waals surface area contributed by atoms with Crippen molar-refractivity contribution in [3.05, 3.63) is 29.3 Å². The summed E-state index contributed by atoms with van der Waals surface area (Å²) in [5.74, 6) is -3.04. The summed E-state index contributed by atoms with van der Waals surface area (Å²) < 4.78 is 25.8. The molecule has 0 spiro atoms. The Morgan fingerprint density at radius 1 is 1.38 bits per heavy atom. The van der Waals surface area contributed by atoms with Crippen LogP contribution in [0.1, 0.15) is 5.56 Å². The van der Waals surface area contributed by atoms with Crippen LogP contribution in [0.4, 0.5) is 8.78 Å². The van der Waals surface area contributed by atoms with Crippen molar-refractivity contribution in [1.29, 1.82) is 0 Å². The molecule has 0 fully saturated rings. The van der Waals surface area contributed by atoms with Crippen LogP contribution in [0.2, 0.25) is 0 Å². The van der Waals surface area contributed by atoms with Gasteiger partial charge in [-0.25, -0.2) is 8.78 Å². The summed E-state index contributed by atoms with van der Waals surface area (Å²) in [7, 11) is 0. The molecule has 13 heavy (non-hydrogen) atoms. The van der Waals surface area contributed by atoms with Gasteiger partial charge in [0.15, 0.2) is 0 Å². The maximum atomic E-state index is 12.9. The van der Waals surface area contributed by atoms with E-state index in [2.05, 4.69) is 12.6 Å². The average Bonchev–Trinajstić information content (AvgIpc) is 1.96. The van der Waals surface area contributed by atoms with Crippen LogP contribution in [0.25, 0.3) is 0 Å². The maximum Gasteiger partial charge on any atom is 0.308 e. The number of aliphatic carboxylic acids is 1. The number of carboxylic acid groups (broad SMARTS) is 1. The van der Waals surface area contributed by atoms with Gasteiger partial charge in [-0.3, -0.25) is 4.79 Å². The number of benzene rings is 1. The van der Waals surface area contributed by atoms with Gasteiger partial charge in [0.25, 0.3) is 0 Å². The zero-order valence-corrected chi connectivity index (χ0v) is 7.31. The van der Waals surface area contributed by atoms with Crippen molar-refractivity contribution in [3.8, 4) is 0 Å². The monoisotopic (exact) mass is 204 g/mol. The van der Waals surface area contributed by atoms with E-state index in [0.717, 1.165) is 12.1 Å². The average molecular weight is 204 g/mol. The largest absolute Gasteiger partial charge is 0.481 e. The number of hydrogen-bond acceptors (Lipinski definition) is 2. The van der Waals surface area contributed by atoms with Gasteiger partial charge in [-0.15, -0.1) is 12.6 Å². The van der Waals surface area contributed by atoms with E-state index in [9.17, 15) is 13.6 Å². The molecule has 0 heterocycles. The standard InChI is InChI=1S/C8H6F2O2S/c9-6-1-4(13)2-7(10)5(6)3-8(11)12/h1-2,13H,3H2,(H,11,12). The Hall–Kier alpha value is -1.10. The minimum atomic E-state index is -1.27. The summed E-state index contributed by atoms with van der Waals surface area (Å²) in [6.45, 7) is 0. The second kappa shape index (κ2) is 3.74. The quantitative estimate of drug-likeness (QED) is 0.722. The molecular weight excluding hydrogens is 198 g/mol. The molecular formula is C8H6F2O2S. The maximum absolute atomic E-state index is 12.9. The first-order chi connectivity index (χ1) is 6.00. The van der Waals surface area contributed by atoms with Crippen molar-refractivity contribution >= 4 is 18.6 Å². The van der Waals surface area contributed by atoms with E-state index < -0.39 is 29.6 Å². The van der Waals surface area contributed by atoms with E-state index in [0.29, 0.717) is 0 Å². The van der Waals surface area contributed by atoms with Crippen LogP contribution < -0.4 is 0 Å². The van der Waals surface area contributed by atoms with E-state index in [-0.39, 0.29) is 4.90 Å². The third-order valence-electron chi connectivity index (χ3n) is 1.45. The van der Waals surface area contributed by atoms with Crippen LogP contribution in [0.15, 0.2) is 17.0 Å². The lowest BCUT2D eigenvalue weighted by Gasteiger charge is -2.02. The highest BCUT2D eigenvalue weighted by atomic mass is 32.1. The molecule has 1 aromatic rings. The summed E-state index contributed by atoms with van der Waals surface area (Å²) in [6, 6.07) is 1.95. The highest BCUT2D eigenvalue weighted by Crippen LogP contribution is 2.18. The van der Waals surface area contributed by atoms with Crippen molar-refractivity contribution < 1.29 is 18.7 Å². The summed E-state index contributed by atoms with van der Waals surface area (Å²) in [5, 5.41) is 8.33. The van der Waals surface area contributed by atoms with Gasteiger partial charge in [0.05, 0.1) is 6.42 Å². The van der Waals surface area contributed by atoms with E-state index in [1.54, 1.807) is 0 Å². The molecule has 0 aliphatic rings. The minimum Gasteiger partial charge on any atom is -0.481 e. The molecule has 1 N–H and O–H groups in total. The normalized spacial score (nSPS) is 10.1. The molecule has 70 valence electrons. The lowest BCUT2D eigenvalue weighted by Crippen LogP contribution is -2.05. The van der Waals surface area contributed by atoms with Gasteiger partial charge < -0.3 is 5.11 Å². The van der Waals surface area contributed by atoms with Gasteiger partial charge in [-0.1, -0.05) is 0 Å². The van der Waals surface area contributed by atoms with Gasteiger partial charge in [0.1, 0.15) is 11.6 Å². The lowest BCUT2D eigenvalue weighted by molar-refractivity contribution is -0.136. The Morgan fingerprint density at radius 3 is 2.23 bits per heavy atom. The third kappa shape index (κ3) is 2.42. The third-order valence-corrected chi connectivity index (χ3v) is 1.71. The lowest BCUT2D eigenvalue weighted by atomic mass is 10.1. The van der Waals surface area contributed by atoms with Crippen molar-refractivity contribution in [2.75, 3.05) is 0 Å². The van der Waals surface area contributed by atoms with E-state index in [1.165, 1.54) is 0 Å². The van der Waals surface area contributed by atoms with Gasteiger partial charge in [0.2, 0.25) is 0 Å². The smallest absolute Gasteiger partial charge is 0.308 e. The van der Waals surface area contributed by atoms with Crippen molar-refractivity contribution in [2.45, 2.75) is 11.3 Å². The molecule has 0 aliphatic carbocycles. The van der Waals surface area contributed by atoms with Crippen LogP contribution in [-0.2, 0) is 11.2 Å². The van der Waals surface area contributed by atoms with Gasteiger partial charge in [-0.05, 0) is 12.1 Å². The number of carboxylic acids is 1. The molecule has 0 atom stereocenters. The Labute approximate surface area is 78.6 Å². The van der Waals surface area contributed by atoms with E-state index in [1.807, 2.05) is 0 Å². The number of thiol groups is 1. The fourth-order valence-electron chi connectivity index (χ4n) is 0.910. The number of hydrogen-bond donors (Lipinski definition) is 2. The topological polar surface area (TPSA) is 37.3 Å². The van der Waals surface area contributed by atoms with Gasteiger partial charge in [-0.2, -0.15) is 0 Å². The van der Waals surface area contributed by atoms with Crippen molar-refractivity contribution in [1.82, 2.24) is 0 Å². The Balaban J connectivity index is 3.13. The molecule has 0 saturated carbocycles. The molecule has 1 aromatic carbocycles. The molecule has 0 bridgehead atoms. The number of carbonyl (C=O) groups is 1. The van der Waals surface area contributed by atoms with Crippen LogP contribution in [0.5, 0.6) is 0 Å². The molecule has 0 unspecified atom stereocenters. The molecule has 0 aromatic heterocycles. The van der Waals surface area contributed by atoms with Crippen LogP contribution in [0, 0.1) is 11.6 Å². The second-order valence-corrected chi connectivity index (χ2v) is 2.97. The Kier molecular flexibility index (Phi) is 2.87. The zero-order valence-electron chi connectivity index (χ0n) is 6.42. The summed E-state index contributed by atoms with van der Waals surface area (Å²) >= 11 is 3.73. The van der Waals surface area contributed by atoms with Crippen molar-refractivity contribution in [3.63, 3.8) is 0 Å². The Bertz CT molecular complexity index is 329. The second-order valence-electron chi connectivity index (χ2n) is 2.46. The zero-order chi connectivity index (χ0) is 10.0. The minimum absolute atomic E-state index is 0.129. The molecule has 0 aliphatic heterocycles. The SMILES string of the molecule is O=C(O)Cc1c(F)cc(S)cc1F. The Morgan fingerprint density at radius 2 is 1.85 bits per heavy atom. The predicted octanol–water partition coefficient (Wildman–Crippen LogP) is 1.88.